The molecule has 4 rings (SSSR count). The van der Waals surface area contributed by atoms with Gasteiger partial charge >= 0.3 is 0 Å². The van der Waals surface area contributed by atoms with Crippen LogP contribution in [0.15, 0.2) is 63.6 Å². The molecule has 3 heterocycles. The number of carbonyl (C=O) groups excluding carboxylic acids is 1. The number of thiophene rings is 1. The molecule has 4 aromatic rings. The molecule has 0 aliphatic rings. The summed E-state index contributed by atoms with van der Waals surface area (Å²) in [6, 6.07) is 15.7. The van der Waals surface area contributed by atoms with Gasteiger partial charge in [-0.25, -0.2) is 0 Å². The molecule has 0 spiro atoms. The summed E-state index contributed by atoms with van der Waals surface area (Å²) < 4.78 is 7.38. The van der Waals surface area contributed by atoms with Crippen molar-refractivity contribution in [3.63, 3.8) is 0 Å². The van der Waals surface area contributed by atoms with Crippen LogP contribution in [-0.4, -0.2) is 25.8 Å². The van der Waals surface area contributed by atoms with E-state index in [4.69, 9.17) is 10.3 Å². The van der Waals surface area contributed by atoms with Gasteiger partial charge in [-0.3, -0.25) is 4.79 Å². The molecule has 7 nitrogen and oxygen atoms in total. The van der Waals surface area contributed by atoms with Crippen molar-refractivity contribution in [2.45, 2.75) is 23.9 Å². The Morgan fingerprint density at radius 3 is 2.79 bits per heavy atom. The van der Waals surface area contributed by atoms with Crippen LogP contribution < -0.4 is 5.73 Å². The molecule has 142 valence electrons. The van der Waals surface area contributed by atoms with Gasteiger partial charge in [0.05, 0.1) is 10.6 Å². The minimum absolute atomic E-state index is 0.227. The minimum Gasteiger partial charge on any atom is -0.370 e. The molecule has 9 heteroatoms. The third kappa shape index (κ3) is 4.15. The van der Waals surface area contributed by atoms with Crippen LogP contribution in [0.4, 0.5) is 0 Å². The number of hydrogen-bond donors (Lipinski definition) is 1. The molecule has 0 aliphatic heterocycles. The fourth-order valence-electron chi connectivity index (χ4n) is 2.67. The van der Waals surface area contributed by atoms with Gasteiger partial charge in [0.1, 0.15) is 11.5 Å². The highest BCUT2D eigenvalue weighted by Gasteiger charge is 2.17. The molecule has 0 radical (unpaired) electrons. The van der Waals surface area contributed by atoms with Gasteiger partial charge in [-0.1, -0.05) is 53.3 Å². The molecule has 3 aromatic heterocycles. The molecular formula is C19H17N5O2S2. The molecule has 0 saturated heterocycles. The number of amides is 1. The van der Waals surface area contributed by atoms with Crippen molar-refractivity contribution >= 4 is 29.0 Å². The van der Waals surface area contributed by atoms with Crippen molar-refractivity contribution in [2.75, 3.05) is 0 Å². The molecule has 0 fully saturated rings. The summed E-state index contributed by atoms with van der Waals surface area (Å²) in [7, 11) is 0. The SMILES string of the molecule is NC(=O)CCn1c(SCc2cc(-c3ccccc3)no2)nnc1-c1cccs1. The number of carbonyl (C=O) groups is 1. The van der Waals surface area contributed by atoms with E-state index in [1.54, 1.807) is 11.3 Å². The molecule has 1 amide bonds. The van der Waals surface area contributed by atoms with E-state index in [0.29, 0.717) is 17.5 Å². The van der Waals surface area contributed by atoms with Gasteiger partial charge in [-0.2, -0.15) is 0 Å². The third-order valence-electron chi connectivity index (χ3n) is 4.01. The predicted molar refractivity (Wildman–Crippen MR) is 109 cm³/mol. The molecule has 0 saturated carbocycles. The van der Waals surface area contributed by atoms with Crippen LogP contribution >= 0.6 is 23.1 Å². The summed E-state index contributed by atoms with van der Waals surface area (Å²) in [5.74, 6) is 1.68. The predicted octanol–water partition coefficient (Wildman–Crippen LogP) is 3.83. The number of hydrogen-bond acceptors (Lipinski definition) is 7. The molecular weight excluding hydrogens is 394 g/mol. The van der Waals surface area contributed by atoms with E-state index in [-0.39, 0.29) is 12.3 Å². The van der Waals surface area contributed by atoms with Crippen molar-refractivity contribution in [3.05, 3.63) is 59.7 Å². The van der Waals surface area contributed by atoms with Crippen LogP contribution in [-0.2, 0) is 17.1 Å². The van der Waals surface area contributed by atoms with Gasteiger partial charge in [0.2, 0.25) is 5.91 Å². The Balaban J connectivity index is 1.52. The Bertz CT molecular complexity index is 1060. The highest BCUT2D eigenvalue weighted by Crippen LogP contribution is 2.30. The highest BCUT2D eigenvalue weighted by molar-refractivity contribution is 7.98. The van der Waals surface area contributed by atoms with Crippen molar-refractivity contribution in [3.8, 4) is 22.0 Å². The quantitative estimate of drug-likeness (QED) is 0.442. The number of aromatic nitrogens is 4. The van der Waals surface area contributed by atoms with E-state index in [0.717, 1.165) is 27.7 Å². The van der Waals surface area contributed by atoms with Gasteiger partial charge in [-0.15, -0.1) is 21.5 Å². The Labute approximate surface area is 169 Å². The number of rotatable bonds is 8. The summed E-state index contributed by atoms with van der Waals surface area (Å²) in [6.45, 7) is 0.434. The number of nitrogens with zero attached hydrogens (tertiary/aromatic N) is 4. The summed E-state index contributed by atoms with van der Waals surface area (Å²) in [5, 5.41) is 15.4. The van der Waals surface area contributed by atoms with Gasteiger partial charge in [-0.05, 0) is 11.4 Å². The number of nitrogens with two attached hydrogens (primary N) is 1. The monoisotopic (exact) mass is 411 g/mol. The zero-order valence-electron chi connectivity index (χ0n) is 14.8. The molecule has 0 bridgehead atoms. The maximum Gasteiger partial charge on any atom is 0.219 e. The van der Waals surface area contributed by atoms with Gasteiger partial charge in [0, 0.05) is 24.6 Å². The van der Waals surface area contributed by atoms with Crippen molar-refractivity contribution in [1.29, 1.82) is 0 Å². The fourth-order valence-corrected chi connectivity index (χ4v) is 4.23. The zero-order chi connectivity index (χ0) is 19.3. The average molecular weight is 412 g/mol. The van der Waals surface area contributed by atoms with Crippen molar-refractivity contribution in [2.24, 2.45) is 5.73 Å². The second kappa shape index (κ2) is 8.41. The molecule has 2 N–H and O–H groups in total. The largest absolute Gasteiger partial charge is 0.370 e. The van der Waals surface area contributed by atoms with E-state index in [2.05, 4.69) is 15.4 Å². The summed E-state index contributed by atoms with van der Waals surface area (Å²) in [6.07, 6.45) is 0.227. The van der Waals surface area contributed by atoms with Crippen LogP contribution in [0.3, 0.4) is 0 Å². The first-order valence-corrected chi connectivity index (χ1v) is 10.5. The summed E-state index contributed by atoms with van der Waals surface area (Å²) in [4.78, 5) is 12.3. The first-order chi connectivity index (χ1) is 13.7. The Morgan fingerprint density at radius 2 is 2.04 bits per heavy atom. The lowest BCUT2D eigenvalue weighted by Crippen LogP contribution is -2.14. The zero-order valence-corrected chi connectivity index (χ0v) is 16.4. The Hall–Kier alpha value is -2.91. The van der Waals surface area contributed by atoms with Crippen molar-refractivity contribution < 1.29 is 9.32 Å². The second-order valence-electron chi connectivity index (χ2n) is 5.98. The summed E-state index contributed by atoms with van der Waals surface area (Å²) in [5.41, 5.74) is 7.13. The molecule has 1 aromatic carbocycles. The maximum atomic E-state index is 11.3. The van der Waals surface area contributed by atoms with Crippen LogP contribution in [0.25, 0.3) is 22.0 Å². The number of benzene rings is 1. The third-order valence-corrected chi connectivity index (χ3v) is 5.87. The lowest BCUT2D eigenvalue weighted by atomic mass is 10.1. The van der Waals surface area contributed by atoms with Gasteiger partial charge < -0.3 is 14.8 Å². The van der Waals surface area contributed by atoms with E-state index >= 15 is 0 Å². The lowest BCUT2D eigenvalue weighted by Gasteiger charge is -2.07. The van der Waals surface area contributed by atoms with E-state index in [1.807, 2.05) is 58.5 Å². The standard InChI is InChI=1S/C19H17N5O2S2/c20-17(25)8-9-24-18(16-7-4-10-27-16)21-22-19(24)28-12-14-11-15(23-26-14)13-5-2-1-3-6-13/h1-7,10-11H,8-9,12H2,(H2,20,25). The average Bonchev–Trinajstić information content (AvgIpc) is 3.45. The Kier molecular flexibility index (Phi) is 5.54. The molecule has 0 unspecified atom stereocenters. The van der Waals surface area contributed by atoms with Gasteiger partial charge in [0.15, 0.2) is 11.0 Å². The first-order valence-electron chi connectivity index (χ1n) is 8.60. The topological polar surface area (TPSA) is 99.8 Å². The van der Waals surface area contributed by atoms with Crippen LogP contribution in [0.1, 0.15) is 12.2 Å². The fraction of sp³-hybridized carbons (Fsp3) is 0.158. The normalized spacial score (nSPS) is 11.0. The van der Waals surface area contributed by atoms with E-state index < -0.39 is 0 Å². The Morgan fingerprint density at radius 1 is 1.18 bits per heavy atom. The summed E-state index contributed by atoms with van der Waals surface area (Å²) >= 11 is 3.06. The van der Waals surface area contributed by atoms with Crippen molar-refractivity contribution in [1.82, 2.24) is 19.9 Å². The first kappa shape index (κ1) is 18.5. The number of thioether (sulfide) groups is 1. The highest BCUT2D eigenvalue weighted by atomic mass is 32.2. The van der Waals surface area contributed by atoms with Crippen LogP contribution in [0.5, 0.6) is 0 Å². The molecule has 28 heavy (non-hydrogen) atoms. The molecule has 0 atom stereocenters. The van der Waals surface area contributed by atoms with E-state index in [9.17, 15) is 4.79 Å². The van der Waals surface area contributed by atoms with Gasteiger partial charge in [0.25, 0.3) is 0 Å². The van der Waals surface area contributed by atoms with Crippen LogP contribution in [0.2, 0.25) is 0 Å². The smallest absolute Gasteiger partial charge is 0.219 e. The van der Waals surface area contributed by atoms with Crippen LogP contribution in [0, 0.1) is 0 Å². The minimum atomic E-state index is -0.357. The molecule has 0 aliphatic carbocycles. The van der Waals surface area contributed by atoms with E-state index in [1.165, 1.54) is 11.8 Å². The maximum absolute atomic E-state index is 11.3. The second-order valence-corrected chi connectivity index (χ2v) is 7.87. The number of primary amides is 1. The lowest BCUT2D eigenvalue weighted by molar-refractivity contribution is -0.118.